The van der Waals surface area contributed by atoms with Crippen LogP contribution in [-0.2, 0) is 9.59 Å². The molecule has 0 bridgehead atoms. The maximum absolute atomic E-state index is 13.4. The Morgan fingerprint density at radius 2 is 1.74 bits per heavy atom. The summed E-state index contributed by atoms with van der Waals surface area (Å²) in [4.78, 5) is 27.7. The number of amides is 2. The van der Waals surface area contributed by atoms with E-state index in [1.165, 1.54) is 12.1 Å². The molecule has 2 amide bonds. The molecule has 0 spiro atoms. The highest BCUT2D eigenvalue weighted by Gasteiger charge is 2.42. The molecule has 2 heterocycles. The summed E-state index contributed by atoms with van der Waals surface area (Å²) >= 11 is 0. The van der Waals surface area contributed by atoms with E-state index in [0.717, 1.165) is 40.7 Å². The number of hydrogen-bond acceptors (Lipinski definition) is 3. The molecule has 1 saturated carbocycles. The predicted molar refractivity (Wildman–Crippen MR) is 132 cm³/mol. The molecule has 1 aliphatic heterocycles. The van der Waals surface area contributed by atoms with Gasteiger partial charge < -0.3 is 10.2 Å². The number of carbonyl (C=O) groups excluding carboxylic acids is 2. The van der Waals surface area contributed by atoms with E-state index in [0.29, 0.717) is 12.3 Å². The van der Waals surface area contributed by atoms with E-state index in [-0.39, 0.29) is 36.1 Å². The van der Waals surface area contributed by atoms with E-state index in [2.05, 4.69) is 10.4 Å². The lowest BCUT2D eigenvalue weighted by Crippen LogP contribution is -2.40. The largest absolute Gasteiger partial charge is 0.350 e. The number of benzene rings is 3. The lowest BCUT2D eigenvalue weighted by molar-refractivity contribution is -0.122. The average molecular weight is 469 g/mol. The van der Waals surface area contributed by atoms with Crippen LogP contribution in [0.25, 0.3) is 16.6 Å². The summed E-state index contributed by atoms with van der Waals surface area (Å²) in [6.07, 6.45) is 4.74. The molecule has 4 aromatic rings. The van der Waals surface area contributed by atoms with Gasteiger partial charge in [-0.15, -0.1) is 0 Å². The highest BCUT2D eigenvalue weighted by molar-refractivity contribution is 6.00. The van der Waals surface area contributed by atoms with Crippen LogP contribution in [0.15, 0.2) is 79.0 Å². The molecule has 35 heavy (non-hydrogen) atoms. The smallest absolute Gasteiger partial charge is 0.229 e. The topological polar surface area (TPSA) is 67.2 Å². The first-order chi connectivity index (χ1) is 17.1. The Labute approximate surface area is 202 Å². The molecule has 2 aliphatic rings. The van der Waals surface area contributed by atoms with Gasteiger partial charge in [0, 0.05) is 23.9 Å². The minimum atomic E-state index is -0.300. The molecule has 1 N–H and O–H groups in total. The van der Waals surface area contributed by atoms with Crippen LogP contribution in [0.5, 0.6) is 0 Å². The van der Waals surface area contributed by atoms with E-state index < -0.39 is 0 Å². The summed E-state index contributed by atoms with van der Waals surface area (Å²) in [7, 11) is 0. The van der Waals surface area contributed by atoms with Gasteiger partial charge in [0.1, 0.15) is 5.82 Å². The van der Waals surface area contributed by atoms with Crippen LogP contribution in [0.4, 0.5) is 10.1 Å². The van der Waals surface area contributed by atoms with Crippen molar-refractivity contribution in [1.29, 1.82) is 0 Å². The summed E-state index contributed by atoms with van der Waals surface area (Å²) in [5, 5.41) is 8.50. The third-order valence-electron chi connectivity index (χ3n) is 6.88. The normalized spacial score (nSPS) is 19.9. The number of carbonyl (C=O) groups is 2. The van der Waals surface area contributed by atoms with Gasteiger partial charge in [-0.3, -0.25) is 9.59 Å². The second-order valence-electron chi connectivity index (χ2n) is 9.42. The number of nitrogens with one attached hydrogen (secondary N) is 1. The van der Waals surface area contributed by atoms with Crippen molar-refractivity contribution in [3.63, 3.8) is 0 Å². The van der Waals surface area contributed by atoms with E-state index in [9.17, 15) is 14.0 Å². The molecule has 2 atom stereocenters. The van der Waals surface area contributed by atoms with Crippen LogP contribution in [0.3, 0.4) is 0 Å². The summed E-state index contributed by atoms with van der Waals surface area (Å²) in [6, 6.07) is 21.2. The van der Waals surface area contributed by atoms with E-state index in [1.807, 2.05) is 48.5 Å². The van der Waals surface area contributed by atoms with Gasteiger partial charge in [-0.1, -0.05) is 30.3 Å². The Hall–Kier alpha value is -4.00. The van der Waals surface area contributed by atoms with Crippen molar-refractivity contribution in [2.24, 2.45) is 5.92 Å². The molecule has 6 rings (SSSR count). The molecule has 1 saturated heterocycles. The van der Waals surface area contributed by atoms with Gasteiger partial charge in [0.05, 0.1) is 29.5 Å². The fourth-order valence-corrected chi connectivity index (χ4v) is 5.01. The molecule has 3 aromatic carbocycles. The third-order valence-corrected chi connectivity index (χ3v) is 6.88. The zero-order valence-corrected chi connectivity index (χ0v) is 19.1. The standard InChI is InChI=1S/C28H25FN4O2/c29-21-8-10-22(11-9-21)33-25-13-12-23(15-20(25)17-30-33)32-27(35)16-24(31-26(34)14-18-6-7-18)28(32)19-4-2-1-3-5-19/h1-5,8-13,15,17-18,24,28H,6-7,14,16H2,(H,31,34)/t24-,28+/m1/s1. The highest BCUT2D eigenvalue weighted by Crippen LogP contribution is 2.39. The predicted octanol–water partition coefficient (Wildman–Crippen LogP) is 4.93. The second kappa shape index (κ2) is 8.65. The fourth-order valence-electron chi connectivity index (χ4n) is 5.01. The Balaban J connectivity index is 1.35. The van der Waals surface area contributed by atoms with Crippen molar-refractivity contribution in [3.8, 4) is 5.69 Å². The third kappa shape index (κ3) is 4.18. The van der Waals surface area contributed by atoms with Crippen molar-refractivity contribution in [2.75, 3.05) is 4.90 Å². The first-order valence-electron chi connectivity index (χ1n) is 12.0. The van der Waals surface area contributed by atoms with Gasteiger partial charge in [0.25, 0.3) is 0 Å². The number of anilines is 1. The summed E-state index contributed by atoms with van der Waals surface area (Å²) in [5.74, 6) is 0.175. The quantitative estimate of drug-likeness (QED) is 0.437. The van der Waals surface area contributed by atoms with Crippen LogP contribution in [0.2, 0.25) is 0 Å². The zero-order chi connectivity index (χ0) is 23.9. The molecule has 0 radical (unpaired) electrons. The van der Waals surface area contributed by atoms with Gasteiger partial charge in [-0.25, -0.2) is 9.07 Å². The van der Waals surface area contributed by atoms with Crippen LogP contribution in [-0.4, -0.2) is 27.6 Å². The number of nitrogens with zero attached hydrogens (tertiary/aromatic N) is 3. The van der Waals surface area contributed by atoms with Gasteiger partial charge in [0.2, 0.25) is 11.8 Å². The summed E-state index contributed by atoms with van der Waals surface area (Å²) in [6.45, 7) is 0. The molecule has 176 valence electrons. The van der Waals surface area contributed by atoms with Crippen LogP contribution in [0.1, 0.15) is 37.3 Å². The Morgan fingerprint density at radius 3 is 2.49 bits per heavy atom. The first-order valence-corrected chi connectivity index (χ1v) is 12.0. The van der Waals surface area contributed by atoms with Crippen LogP contribution >= 0.6 is 0 Å². The number of hydrogen-bond donors (Lipinski definition) is 1. The maximum atomic E-state index is 13.4. The van der Waals surface area contributed by atoms with E-state index >= 15 is 0 Å². The molecule has 6 nitrogen and oxygen atoms in total. The fraction of sp³-hybridized carbons (Fsp3) is 0.250. The van der Waals surface area contributed by atoms with Crippen molar-refractivity contribution in [2.45, 2.75) is 37.8 Å². The van der Waals surface area contributed by atoms with Crippen LogP contribution in [0, 0.1) is 11.7 Å². The van der Waals surface area contributed by atoms with Crippen molar-refractivity contribution in [1.82, 2.24) is 15.1 Å². The molecule has 0 unspecified atom stereocenters. The van der Waals surface area contributed by atoms with Gasteiger partial charge >= 0.3 is 0 Å². The Bertz CT molecular complexity index is 1400. The SMILES string of the molecule is O=C(CC1CC1)N[C@@H]1CC(=O)N(c2ccc3c(cnn3-c3ccc(F)cc3)c2)[C@H]1c1ccccc1. The summed E-state index contributed by atoms with van der Waals surface area (Å²) < 4.78 is 15.1. The van der Waals surface area contributed by atoms with Gasteiger partial charge in [0.15, 0.2) is 0 Å². The van der Waals surface area contributed by atoms with Crippen LogP contribution < -0.4 is 10.2 Å². The molecule has 1 aromatic heterocycles. The molecular formula is C28H25FN4O2. The minimum absolute atomic E-state index is 0.0177. The molecular weight excluding hydrogens is 443 g/mol. The number of aromatic nitrogens is 2. The van der Waals surface area contributed by atoms with Gasteiger partial charge in [-0.05, 0) is 66.8 Å². The van der Waals surface area contributed by atoms with E-state index in [1.54, 1.807) is 27.9 Å². The first kappa shape index (κ1) is 21.5. The number of halogens is 1. The monoisotopic (exact) mass is 468 g/mol. The Kier molecular flexibility index (Phi) is 5.32. The van der Waals surface area contributed by atoms with Crippen molar-refractivity contribution in [3.05, 3.63) is 90.4 Å². The lowest BCUT2D eigenvalue weighted by Gasteiger charge is -2.29. The molecule has 1 aliphatic carbocycles. The lowest BCUT2D eigenvalue weighted by atomic mass is 9.99. The molecule has 2 fully saturated rings. The number of fused-ring (bicyclic) bond motifs is 1. The zero-order valence-electron chi connectivity index (χ0n) is 19.1. The molecule has 7 heteroatoms. The number of rotatable bonds is 6. The van der Waals surface area contributed by atoms with E-state index in [4.69, 9.17) is 0 Å². The summed E-state index contributed by atoms with van der Waals surface area (Å²) in [5.41, 5.74) is 3.36. The second-order valence-corrected chi connectivity index (χ2v) is 9.42. The van der Waals surface area contributed by atoms with Gasteiger partial charge in [-0.2, -0.15) is 5.10 Å². The highest BCUT2D eigenvalue weighted by atomic mass is 19.1. The van der Waals surface area contributed by atoms with Crippen molar-refractivity contribution < 1.29 is 14.0 Å². The average Bonchev–Trinajstić information content (AvgIpc) is 3.48. The minimum Gasteiger partial charge on any atom is -0.350 e. The maximum Gasteiger partial charge on any atom is 0.229 e. The van der Waals surface area contributed by atoms with Crippen molar-refractivity contribution >= 4 is 28.4 Å². The Morgan fingerprint density at radius 1 is 1.00 bits per heavy atom.